The lowest BCUT2D eigenvalue weighted by molar-refractivity contribution is -0.130. The van der Waals surface area contributed by atoms with Crippen molar-refractivity contribution in [2.75, 3.05) is 0 Å². The number of para-hydroxylation sites is 1. The van der Waals surface area contributed by atoms with Crippen LogP contribution in [0.2, 0.25) is 0 Å². The van der Waals surface area contributed by atoms with Gasteiger partial charge in [-0.3, -0.25) is 4.79 Å². The molecule has 2 aliphatic rings. The molecule has 1 aromatic rings. The third-order valence-corrected chi connectivity index (χ3v) is 5.71. The van der Waals surface area contributed by atoms with E-state index >= 15 is 0 Å². The number of benzene rings is 1. The topological polar surface area (TPSA) is 64.3 Å². The van der Waals surface area contributed by atoms with Crippen LogP contribution in [0.25, 0.3) is 0 Å². The van der Waals surface area contributed by atoms with Crippen molar-refractivity contribution in [3.63, 3.8) is 0 Å². The fourth-order valence-corrected chi connectivity index (χ4v) is 4.45. The summed E-state index contributed by atoms with van der Waals surface area (Å²) in [5.74, 6) is 1.89. The SMILES string of the molecule is CCC(Oc1ccccc1C)C(=O)NC1C2CCCC1CC(N)C2. The molecule has 2 aliphatic carbocycles. The summed E-state index contributed by atoms with van der Waals surface area (Å²) in [6, 6.07) is 8.45. The van der Waals surface area contributed by atoms with Gasteiger partial charge in [-0.25, -0.2) is 0 Å². The van der Waals surface area contributed by atoms with Gasteiger partial charge in [-0.1, -0.05) is 31.5 Å². The zero-order chi connectivity index (χ0) is 17.1. The summed E-state index contributed by atoms with van der Waals surface area (Å²) in [5, 5.41) is 3.31. The van der Waals surface area contributed by atoms with E-state index in [1.807, 2.05) is 38.1 Å². The molecule has 2 saturated carbocycles. The molecule has 0 heterocycles. The molecule has 4 heteroatoms. The summed E-state index contributed by atoms with van der Waals surface area (Å²) in [4.78, 5) is 12.8. The van der Waals surface area contributed by atoms with E-state index in [0.717, 1.165) is 24.2 Å². The van der Waals surface area contributed by atoms with Crippen LogP contribution in [0, 0.1) is 18.8 Å². The van der Waals surface area contributed by atoms with Gasteiger partial charge in [-0.15, -0.1) is 0 Å². The minimum Gasteiger partial charge on any atom is -0.480 e. The Balaban J connectivity index is 1.65. The van der Waals surface area contributed by atoms with Crippen LogP contribution in [-0.4, -0.2) is 24.1 Å². The Hall–Kier alpha value is -1.55. The highest BCUT2D eigenvalue weighted by molar-refractivity contribution is 5.81. The average Bonchev–Trinajstić information content (AvgIpc) is 2.55. The van der Waals surface area contributed by atoms with Crippen LogP contribution >= 0.6 is 0 Å². The third kappa shape index (κ3) is 3.75. The van der Waals surface area contributed by atoms with Gasteiger partial charge in [0.15, 0.2) is 6.10 Å². The van der Waals surface area contributed by atoms with E-state index in [9.17, 15) is 4.79 Å². The van der Waals surface area contributed by atoms with Crippen LogP contribution in [0.5, 0.6) is 5.75 Å². The molecule has 3 atom stereocenters. The lowest BCUT2D eigenvalue weighted by Gasteiger charge is -2.45. The molecule has 1 amide bonds. The normalized spacial score (nSPS) is 30.5. The van der Waals surface area contributed by atoms with Crippen LogP contribution in [0.3, 0.4) is 0 Å². The number of rotatable bonds is 5. The lowest BCUT2D eigenvalue weighted by atomic mass is 9.67. The van der Waals surface area contributed by atoms with E-state index in [1.165, 1.54) is 19.3 Å². The molecule has 3 rings (SSSR count). The molecule has 0 spiro atoms. The molecule has 4 nitrogen and oxygen atoms in total. The molecule has 24 heavy (non-hydrogen) atoms. The number of amides is 1. The quantitative estimate of drug-likeness (QED) is 0.871. The monoisotopic (exact) mass is 330 g/mol. The highest BCUT2D eigenvalue weighted by Gasteiger charge is 2.40. The van der Waals surface area contributed by atoms with E-state index in [-0.39, 0.29) is 11.9 Å². The van der Waals surface area contributed by atoms with Crippen molar-refractivity contribution in [1.29, 1.82) is 0 Å². The van der Waals surface area contributed by atoms with Crippen LogP contribution in [0.4, 0.5) is 0 Å². The average molecular weight is 330 g/mol. The standard InChI is InChI=1S/C20H30N2O2/c1-3-17(24-18-10-5-4-7-13(18)2)20(23)22-19-14-8-6-9-15(19)12-16(21)11-14/h4-5,7,10,14-17,19H,3,6,8-9,11-12,21H2,1-2H3,(H,22,23). The number of carbonyl (C=O) groups excluding carboxylic acids is 1. The van der Waals surface area contributed by atoms with E-state index in [2.05, 4.69) is 5.32 Å². The highest BCUT2D eigenvalue weighted by atomic mass is 16.5. The molecule has 0 saturated heterocycles. The van der Waals surface area contributed by atoms with Gasteiger partial charge in [0.1, 0.15) is 5.75 Å². The minimum atomic E-state index is -0.428. The number of hydrogen-bond acceptors (Lipinski definition) is 3. The smallest absolute Gasteiger partial charge is 0.261 e. The summed E-state index contributed by atoms with van der Waals surface area (Å²) in [5.41, 5.74) is 7.24. The fourth-order valence-electron chi connectivity index (χ4n) is 4.45. The van der Waals surface area contributed by atoms with Crippen LogP contribution < -0.4 is 15.8 Å². The molecule has 0 aliphatic heterocycles. The number of aryl methyl sites for hydroxylation is 1. The number of ether oxygens (including phenoxy) is 1. The number of fused-ring (bicyclic) bond motifs is 2. The van der Waals surface area contributed by atoms with Gasteiger partial charge in [0.2, 0.25) is 0 Å². The van der Waals surface area contributed by atoms with Crippen LogP contribution in [0.15, 0.2) is 24.3 Å². The first-order chi connectivity index (χ1) is 11.6. The highest BCUT2D eigenvalue weighted by Crippen LogP contribution is 2.39. The minimum absolute atomic E-state index is 0.0260. The molecule has 1 aromatic carbocycles. The second kappa shape index (κ2) is 7.56. The summed E-state index contributed by atoms with van der Waals surface area (Å²) in [6.45, 7) is 4.01. The molecule has 2 bridgehead atoms. The van der Waals surface area contributed by atoms with E-state index in [1.54, 1.807) is 0 Å². The van der Waals surface area contributed by atoms with Gasteiger partial charge in [0.05, 0.1) is 0 Å². The summed E-state index contributed by atoms with van der Waals surface area (Å²) < 4.78 is 6.00. The van der Waals surface area contributed by atoms with Crippen molar-refractivity contribution in [3.05, 3.63) is 29.8 Å². The van der Waals surface area contributed by atoms with Crippen LogP contribution in [0.1, 0.15) is 51.0 Å². The van der Waals surface area contributed by atoms with Crippen molar-refractivity contribution < 1.29 is 9.53 Å². The predicted molar refractivity (Wildman–Crippen MR) is 95.9 cm³/mol. The summed E-state index contributed by atoms with van der Waals surface area (Å²) in [6.07, 6.45) is 5.96. The number of carbonyl (C=O) groups is 1. The van der Waals surface area contributed by atoms with Crippen molar-refractivity contribution in [2.45, 2.75) is 70.6 Å². The Kier molecular flexibility index (Phi) is 5.44. The summed E-state index contributed by atoms with van der Waals surface area (Å²) >= 11 is 0. The Bertz CT molecular complexity index is 561. The number of hydrogen-bond donors (Lipinski definition) is 2. The van der Waals surface area contributed by atoms with Crippen molar-refractivity contribution in [2.24, 2.45) is 17.6 Å². The van der Waals surface area contributed by atoms with Crippen molar-refractivity contribution in [1.82, 2.24) is 5.32 Å². The Morgan fingerprint density at radius 2 is 1.96 bits per heavy atom. The Morgan fingerprint density at radius 1 is 1.29 bits per heavy atom. The van der Waals surface area contributed by atoms with Crippen LogP contribution in [-0.2, 0) is 4.79 Å². The predicted octanol–water partition coefficient (Wildman–Crippen LogP) is 3.17. The number of nitrogens with one attached hydrogen (secondary N) is 1. The zero-order valence-electron chi connectivity index (χ0n) is 14.8. The molecular weight excluding hydrogens is 300 g/mol. The largest absolute Gasteiger partial charge is 0.480 e. The van der Waals surface area contributed by atoms with Gasteiger partial charge in [-0.2, -0.15) is 0 Å². The molecular formula is C20H30N2O2. The van der Waals surface area contributed by atoms with Gasteiger partial charge in [0, 0.05) is 12.1 Å². The lowest BCUT2D eigenvalue weighted by Crippen LogP contribution is -2.56. The van der Waals surface area contributed by atoms with Gasteiger partial charge in [-0.05, 0) is 62.5 Å². The van der Waals surface area contributed by atoms with Crippen molar-refractivity contribution in [3.8, 4) is 5.75 Å². The van der Waals surface area contributed by atoms with Crippen molar-refractivity contribution >= 4 is 5.91 Å². The molecule has 0 radical (unpaired) electrons. The Morgan fingerprint density at radius 3 is 2.58 bits per heavy atom. The van der Waals surface area contributed by atoms with E-state index in [0.29, 0.717) is 24.3 Å². The van der Waals surface area contributed by atoms with Gasteiger partial charge < -0.3 is 15.8 Å². The summed E-state index contributed by atoms with van der Waals surface area (Å²) in [7, 11) is 0. The molecule has 2 fully saturated rings. The number of nitrogens with two attached hydrogens (primary N) is 1. The first-order valence-electron chi connectivity index (χ1n) is 9.36. The zero-order valence-corrected chi connectivity index (χ0v) is 14.8. The second-order valence-electron chi connectivity index (χ2n) is 7.50. The maximum absolute atomic E-state index is 12.8. The first-order valence-corrected chi connectivity index (χ1v) is 9.36. The molecule has 132 valence electrons. The second-order valence-corrected chi connectivity index (χ2v) is 7.50. The maximum Gasteiger partial charge on any atom is 0.261 e. The fraction of sp³-hybridized carbons (Fsp3) is 0.650. The third-order valence-electron chi connectivity index (χ3n) is 5.71. The molecule has 3 N–H and O–H groups in total. The molecule has 0 aromatic heterocycles. The molecule has 3 unspecified atom stereocenters. The van der Waals surface area contributed by atoms with E-state index in [4.69, 9.17) is 10.5 Å². The van der Waals surface area contributed by atoms with E-state index < -0.39 is 6.10 Å². The van der Waals surface area contributed by atoms with Gasteiger partial charge >= 0.3 is 0 Å². The first kappa shape index (κ1) is 17.3. The maximum atomic E-state index is 12.8. The van der Waals surface area contributed by atoms with Gasteiger partial charge in [0.25, 0.3) is 5.91 Å². The Labute approximate surface area is 145 Å².